The lowest BCUT2D eigenvalue weighted by Crippen LogP contribution is -2.01. The first kappa shape index (κ1) is 9.95. The predicted molar refractivity (Wildman–Crippen MR) is 46.4 cm³/mol. The molecule has 72 valence electrons. The van der Waals surface area contributed by atoms with Crippen molar-refractivity contribution in [2.45, 2.75) is 20.0 Å². The SMILES string of the molecule is CCc1cc(F)c(O)c(CON)c1. The number of aryl methyl sites for hydroxylation is 1. The molecule has 0 fully saturated rings. The summed E-state index contributed by atoms with van der Waals surface area (Å²) in [7, 11) is 0. The van der Waals surface area contributed by atoms with Gasteiger partial charge in [0.15, 0.2) is 11.6 Å². The number of hydrogen-bond donors (Lipinski definition) is 2. The summed E-state index contributed by atoms with van der Waals surface area (Å²) in [6, 6.07) is 2.97. The second-order valence-corrected chi connectivity index (χ2v) is 2.75. The molecule has 0 unspecified atom stereocenters. The van der Waals surface area contributed by atoms with E-state index in [2.05, 4.69) is 4.84 Å². The third-order valence-electron chi connectivity index (χ3n) is 1.85. The summed E-state index contributed by atoms with van der Waals surface area (Å²) in [6.45, 7) is 1.91. The van der Waals surface area contributed by atoms with Crippen LogP contribution in [0.3, 0.4) is 0 Å². The highest BCUT2D eigenvalue weighted by Crippen LogP contribution is 2.23. The van der Waals surface area contributed by atoms with Crippen molar-refractivity contribution in [1.29, 1.82) is 0 Å². The van der Waals surface area contributed by atoms with Crippen LogP contribution in [0.4, 0.5) is 4.39 Å². The van der Waals surface area contributed by atoms with Crippen LogP contribution in [0.15, 0.2) is 12.1 Å². The molecule has 0 saturated heterocycles. The molecule has 0 radical (unpaired) electrons. The van der Waals surface area contributed by atoms with Crippen LogP contribution in [0.5, 0.6) is 5.75 Å². The number of benzene rings is 1. The van der Waals surface area contributed by atoms with Gasteiger partial charge in [-0.15, -0.1) is 0 Å². The summed E-state index contributed by atoms with van der Waals surface area (Å²) in [6.07, 6.45) is 0.703. The van der Waals surface area contributed by atoms with Crippen LogP contribution in [0.2, 0.25) is 0 Å². The van der Waals surface area contributed by atoms with Crippen molar-refractivity contribution >= 4 is 0 Å². The number of nitrogens with two attached hydrogens (primary N) is 1. The Morgan fingerprint density at radius 2 is 2.23 bits per heavy atom. The Kier molecular flexibility index (Phi) is 3.22. The average molecular weight is 185 g/mol. The van der Waals surface area contributed by atoms with Crippen LogP contribution < -0.4 is 5.90 Å². The van der Waals surface area contributed by atoms with Gasteiger partial charge in [-0.1, -0.05) is 6.92 Å². The minimum absolute atomic E-state index is 0.0105. The quantitative estimate of drug-likeness (QED) is 0.701. The van der Waals surface area contributed by atoms with Crippen molar-refractivity contribution in [1.82, 2.24) is 0 Å². The van der Waals surface area contributed by atoms with Crippen molar-refractivity contribution in [2.24, 2.45) is 5.90 Å². The van der Waals surface area contributed by atoms with Gasteiger partial charge < -0.3 is 5.11 Å². The summed E-state index contributed by atoms with van der Waals surface area (Å²) in [5.74, 6) is 3.82. The van der Waals surface area contributed by atoms with Crippen LogP contribution in [0.25, 0.3) is 0 Å². The van der Waals surface area contributed by atoms with Gasteiger partial charge in [0.25, 0.3) is 0 Å². The van der Waals surface area contributed by atoms with Crippen LogP contribution in [0.1, 0.15) is 18.1 Å². The van der Waals surface area contributed by atoms with E-state index in [0.717, 1.165) is 5.56 Å². The van der Waals surface area contributed by atoms with E-state index < -0.39 is 5.82 Å². The minimum Gasteiger partial charge on any atom is -0.505 e. The molecule has 0 amide bonds. The summed E-state index contributed by atoms with van der Waals surface area (Å²) in [4.78, 5) is 4.34. The van der Waals surface area contributed by atoms with Crippen molar-refractivity contribution in [3.63, 3.8) is 0 Å². The van der Waals surface area contributed by atoms with E-state index in [-0.39, 0.29) is 12.4 Å². The van der Waals surface area contributed by atoms with Crippen molar-refractivity contribution in [2.75, 3.05) is 0 Å². The maximum absolute atomic E-state index is 13.0. The summed E-state index contributed by atoms with van der Waals surface area (Å²) < 4.78 is 13.0. The highest BCUT2D eigenvalue weighted by Gasteiger charge is 2.08. The largest absolute Gasteiger partial charge is 0.505 e. The number of hydrogen-bond acceptors (Lipinski definition) is 3. The lowest BCUT2D eigenvalue weighted by atomic mass is 10.1. The summed E-state index contributed by atoms with van der Waals surface area (Å²) in [5, 5.41) is 9.24. The smallest absolute Gasteiger partial charge is 0.165 e. The lowest BCUT2D eigenvalue weighted by molar-refractivity contribution is 0.121. The molecule has 1 rings (SSSR count). The van der Waals surface area contributed by atoms with Crippen LogP contribution in [-0.2, 0) is 17.9 Å². The second kappa shape index (κ2) is 4.20. The molecular weight excluding hydrogens is 173 g/mol. The zero-order chi connectivity index (χ0) is 9.84. The average Bonchev–Trinajstić information content (AvgIpc) is 2.13. The van der Waals surface area contributed by atoms with E-state index in [1.807, 2.05) is 6.92 Å². The zero-order valence-electron chi connectivity index (χ0n) is 7.38. The predicted octanol–water partition coefficient (Wildman–Crippen LogP) is 1.48. The molecule has 1 aromatic rings. The standard InChI is InChI=1S/C9H12FNO2/c1-2-6-3-7(5-13-11)9(12)8(10)4-6/h3-4,12H,2,5,11H2,1H3. The van der Waals surface area contributed by atoms with Gasteiger partial charge in [0.05, 0.1) is 6.61 Å². The highest BCUT2D eigenvalue weighted by atomic mass is 19.1. The van der Waals surface area contributed by atoms with Gasteiger partial charge in [-0.25, -0.2) is 10.3 Å². The molecule has 4 heteroatoms. The highest BCUT2D eigenvalue weighted by molar-refractivity contribution is 5.37. The number of halogens is 1. The van der Waals surface area contributed by atoms with Crippen LogP contribution >= 0.6 is 0 Å². The molecule has 0 bridgehead atoms. The first-order chi connectivity index (χ1) is 6.19. The fraction of sp³-hybridized carbons (Fsp3) is 0.333. The van der Waals surface area contributed by atoms with Crippen molar-refractivity contribution in [3.05, 3.63) is 29.1 Å². The van der Waals surface area contributed by atoms with Gasteiger partial charge in [-0.2, -0.15) is 0 Å². The second-order valence-electron chi connectivity index (χ2n) is 2.75. The maximum Gasteiger partial charge on any atom is 0.165 e. The molecule has 1 aromatic carbocycles. The lowest BCUT2D eigenvalue weighted by Gasteiger charge is -2.06. The van der Waals surface area contributed by atoms with Gasteiger partial charge in [0.1, 0.15) is 0 Å². The Bertz CT molecular complexity index is 302. The first-order valence-electron chi connectivity index (χ1n) is 4.01. The van der Waals surface area contributed by atoms with Crippen LogP contribution in [-0.4, -0.2) is 5.11 Å². The van der Waals surface area contributed by atoms with Crippen molar-refractivity contribution < 1.29 is 14.3 Å². The fourth-order valence-electron chi connectivity index (χ4n) is 1.12. The summed E-state index contributed by atoms with van der Waals surface area (Å²) >= 11 is 0. The molecule has 0 aliphatic rings. The molecule has 0 saturated carbocycles. The van der Waals surface area contributed by atoms with Gasteiger partial charge in [-0.3, -0.25) is 4.84 Å². The number of phenols is 1. The van der Waals surface area contributed by atoms with Crippen molar-refractivity contribution in [3.8, 4) is 5.75 Å². The van der Waals surface area contributed by atoms with Gasteiger partial charge in [0, 0.05) is 5.56 Å². The third kappa shape index (κ3) is 2.17. The Morgan fingerprint density at radius 1 is 1.54 bits per heavy atom. The van der Waals surface area contributed by atoms with E-state index in [0.29, 0.717) is 12.0 Å². The Balaban J connectivity index is 3.09. The van der Waals surface area contributed by atoms with Gasteiger partial charge in [0.2, 0.25) is 0 Å². The Morgan fingerprint density at radius 3 is 2.77 bits per heavy atom. The van der Waals surface area contributed by atoms with E-state index >= 15 is 0 Å². The Labute approximate surface area is 75.9 Å². The van der Waals surface area contributed by atoms with E-state index in [9.17, 15) is 9.50 Å². The number of phenolic OH excluding ortho intramolecular Hbond substituents is 1. The summed E-state index contributed by atoms with van der Waals surface area (Å²) in [5.41, 5.74) is 1.18. The third-order valence-corrected chi connectivity index (χ3v) is 1.85. The van der Waals surface area contributed by atoms with Gasteiger partial charge in [-0.05, 0) is 24.1 Å². The molecule has 0 spiro atoms. The first-order valence-corrected chi connectivity index (χ1v) is 4.01. The minimum atomic E-state index is -0.633. The normalized spacial score (nSPS) is 10.4. The van der Waals surface area contributed by atoms with E-state index in [1.54, 1.807) is 6.07 Å². The maximum atomic E-state index is 13.0. The number of aromatic hydroxyl groups is 1. The molecule has 0 atom stereocenters. The molecule has 0 aromatic heterocycles. The topological polar surface area (TPSA) is 55.5 Å². The molecule has 3 N–H and O–H groups in total. The zero-order valence-corrected chi connectivity index (χ0v) is 7.38. The Hall–Kier alpha value is -1.13. The number of rotatable bonds is 3. The monoisotopic (exact) mass is 185 g/mol. The van der Waals surface area contributed by atoms with E-state index in [1.165, 1.54) is 6.07 Å². The van der Waals surface area contributed by atoms with Crippen LogP contribution in [0, 0.1) is 5.82 Å². The fourth-order valence-corrected chi connectivity index (χ4v) is 1.12. The molecule has 13 heavy (non-hydrogen) atoms. The molecule has 3 nitrogen and oxygen atoms in total. The molecule has 0 aliphatic heterocycles. The molecule has 0 aliphatic carbocycles. The molecule has 0 heterocycles. The van der Waals surface area contributed by atoms with Gasteiger partial charge >= 0.3 is 0 Å². The molecular formula is C9H12FNO2. The van der Waals surface area contributed by atoms with E-state index in [4.69, 9.17) is 5.90 Å².